The first-order valence-electron chi connectivity index (χ1n) is 4.43. The molecule has 1 aliphatic rings. The molecule has 76 valence electrons. The Morgan fingerprint density at radius 2 is 2.40 bits per heavy atom. The molecular formula is C9H10N6. The highest BCUT2D eigenvalue weighted by Gasteiger charge is 2.13. The Bertz CT molecular complexity index is 458. The maximum atomic E-state index is 8.78. The summed E-state index contributed by atoms with van der Waals surface area (Å²) in [6.07, 6.45) is 1.37. The quantitative estimate of drug-likeness (QED) is 0.532. The fourth-order valence-electron chi connectivity index (χ4n) is 1.33. The molecular weight excluding hydrogens is 192 g/mol. The molecule has 6 nitrogen and oxygen atoms in total. The first-order valence-corrected chi connectivity index (χ1v) is 4.43. The second kappa shape index (κ2) is 3.55. The number of hydrogen-bond donors (Lipinski definition) is 3. The summed E-state index contributed by atoms with van der Waals surface area (Å²) in [6.45, 7) is 0.470. The SMILES string of the molecule is N#Cc1cc2c(nc1N)NC(N)CN=C2. The van der Waals surface area contributed by atoms with Crippen LogP contribution < -0.4 is 16.8 Å². The van der Waals surface area contributed by atoms with Gasteiger partial charge in [-0.2, -0.15) is 5.26 Å². The van der Waals surface area contributed by atoms with Crippen LogP contribution in [0.15, 0.2) is 11.1 Å². The minimum absolute atomic E-state index is 0.200. The molecule has 0 spiro atoms. The standard InChI is InChI=1S/C9H10N6/c10-2-5-1-6-3-13-4-7(11)14-9(6)15-8(5)12/h1,3,7H,4,11H2,(H3,12,14,15). The minimum atomic E-state index is -0.276. The zero-order chi connectivity index (χ0) is 10.8. The predicted octanol–water partition coefficient (Wildman–Crippen LogP) is -0.335. The third-order valence-electron chi connectivity index (χ3n) is 2.06. The molecule has 0 amide bonds. The Morgan fingerprint density at radius 1 is 1.60 bits per heavy atom. The summed E-state index contributed by atoms with van der Waals surface area (Å²) in [4.78, 5) is 8.16. The number of nitrogens with one attached hydrogen (secondary N) is 1. The van der Waals surface area contributed by atoms with E-state index in [1.165, 1.54) is 0 Å². The maximum Gasteiger partial charge on any atom is 0.143 e. The molecule has 15 heavy (non-hydrogen) atoms. The molecule has 2 rings (SSSR count). The number of rotatable bonds is 0. The molecule has 1 aromatic heterocycles. The zero-order valence-electron chi connectivity index (χ0n) is 7.94. The fourth-order valence-corrected chi connectivity index (χ4v) is 1.33. The van der Waals surface area contributed by atoms with Crippen molar-refractivity contribution in [2.75, 3.05) is 17.6 Å². The van der Waals surface area contributed by atoms with Crippen LogP contribution >= 0.6 is 0 Å². The van der Waals surface area contributed by atoms with Gasteiger partial charge in [0, 0.05) is 11.8 Å². The lowest BCUT2D eigenvalue weighted by atomic mass is 10.2. The van der Waals surface area contributed by atoms with E-state index < -0.39 is 0 Å². The van der Waals surface area contributed by atoms with Crippen molar-refractivity contribution in [3.63, 3.8) is 0 Å². The number of pyridine rings is 1. The van der Waals surface area contributed by atoms with E-state index in [1.54, 1.807) is 12.3 Å². The van der Waals surface area contributed by atoms with E-state index in [4.69, 9.17) is 16.7 Å². The number of nitrogen functional groups attached to an aromatic ring is 1. The van der Waals surface area contributed by atoms with Crippen LogP contribution in [0.25, 0.3) is 0 Å². The highest BCUT2D eigenvalue weighted by Crippen LogP contribution is 2.19. The van der Waals surface area contributed by atoms with E-state index in [-0.39, 0.29) is 12.0 Å². The molecule has 0 radical (unpaired) electrons. The number of nitrogens with two attached hydrogens (primary N) is 2. The maximum absolute atomic E-state index is 8.78. The molecule has 6 heteroatoms. The van der Waals surface area contributed by atoms with Crippen molar-refractivity contribution in [2.24, 2.45) is 10.7 Å². The number of nitrogens with zero attached hydrogens (tertiary/aromatic N) is 3. The van der Waals surface area contributed by atoms with Gasteiger partial charge in [0.05, 0.1) is 18.3 Å². The normalized spacial score (nSPS) is 18.5. The van der Waals surface area contributed by atoms with Gasteiger partial charge in [-0.05, 0) is 6.07 Å². The summed E-state index contributed by atoms with van der Waals surface area (Å²) < 4.78 is 0. The molecule has 0 saturated heterocycles. The number of anilines is 2. The summed E-state index contributed by atoms with van der Waals surface area (Å²) >= 11 is 0. The number of aliphatic imine (C=N–C) groups is 1. The summed E-state index contributed by atoms with van der Waals surface area (Å²) in [5.74, 6) is 0.770. The second-order valence-electron chi connectivity index (χ2n) is 3.22. The van der Waals surface area contributed by atoms with Gasteiger partial charge < -0.3 is 16.8 Å². The van der Waals surface area contributed by atoms with Crippen LogP contribution in [-0.4, -0.2) is 23.9 Å². The van der Waals surface area contributed by atoms with Crippen molar-refractivity contribution in [3.8, 4) is 6.07 Å². The minimum Gasteiger partial charge on any atom is -0.383 e. The Morgan fingerprint density at radius 3 is 3.13 bits per heavy atom. The van der Waals surface area contributed by atoms with Crippen molar-refractivity contribution < 1.29 is 0 Å². The lowest BCUT2D eigenvalue weighted by Gasteiger charge is -2.11. The lowest BCUT2D eigenvalue weighted by molar-refractivity contribution is 0.771. The third kappa shape index (κ3) is 1.73. The molecule has 1 aromatic rings. The fraction of sp³-hybridized carbons (Fsp3) is 0.222. The van der Waals surface area contributed by atoms with Gasteiger partial charge in [0.1, 0.15) is 17.7 Å². The smallest absolute Gasteiger partial charge is 0.143 e. The molecule has 5 N–H and O–H groups in total. The Hall–Kier alpha value is -2.13. The monoisotopic (exact) mass is 202 g/mol. The summed E-state index contributed by atoms with van der Waals surface area (Å²) in [5.41, 5.74) is 12.4. The van der Waals surface area contributed by atoms with E-state index in [1.807, 2.05) is 6.07 Å². The van der Waals surface area contributed by atoms with Crippen molar-refractivity contribution in [2.45, 2.75) is 6.17 Å². The summed E-state index contributed by atoms with van der Waals surface area (Å²) in [6, 6.07) is 3.61. The molecule has 0 saturated carbocycles. The van der Waals surface area contributed by atoms with Crippen molar-refractivity contribution >= 4 is 17.9 Å². The van der Waals surface area contributed by atoms with Crippen LogP contribution in [0, 0.1) is 11.3 Å². The average Bonchev–Trinajstić information content (AvgIpc) is 2.37. The number of hydrogen-bond acceptors (Lipinski definition) is 6. The van der Waals surface area contributed by atoms with Crippen LogP contribution in [0.1, 0.15) is 11.1 Å². The van der Waals surface area contributed by atoms with Crippen molar-refractivity contribution in [1.82, 2.24) is 4.98 Å². The number of fused-ring (bicyclic) bond motifs is 1. The Labute approximate surface area is 86.6 Å². The highest BCUT2D eigenvalue weighted by molar-refractivity contribution is 5.88. The van der Waals surface area contributed by atoms with E-state index in [2.05, 4.69) is 15.3 Å². The first kappa shape index (κ1) is 9.43. The van der Waals surface area contributed by atoms with Crippen LogP contribution in [0.5, 0.6) is 0 Å². The molecule has 1 atom stereocenters. The van der Waals surface area contributed by atoms with E-state index in [0.717, 1.165) is 5.56 Å². The lowest BCUT2D eigenvalue weighted by Crippen LogP contribution is -2.32. The van der Waals surface area contributed by atoms with Crippen LogP contribution in [0.3, 0.4) is 0 Å². The molecule has 1 aliphatic heterocycles. The largest absolute Gasteiger partial charge is 0.383 e. The Kier molecular flexibility index (Phi) is 2.23. The first-order chi connectivity index (χ1) is 7.20. The van der Waals surface area contributed by atoms with Gasteiger partial charge >= 0.3 is 0 Å². The van der Waals surface area contributed by atoms with E-state index >= 15 is 0 Å². The molecule has 0 aromatic carbocycles. The second-order valence-corrected chi connectivity index (χ2v) is 3.22. The van der Waals surface area contributed by atoms with Gasteiger partial charge in [-0.15, -0.1) is 0 Å². The molecule has 0 bridgehead atoms. The number of nitriles is 1. The zero-order valence-corrected chi connectivity index (χ0v) is 7.94. The van der Waals surface area contributed by atoms with Crippen LogP contribution in [0.4, 0.5) is 11.6 Å². The van der Waals surface area contributed by atoms with E-state index in [9.17, 15) is 0 Å². The third-order valence-corrected chi connectivity index (χ3v) is 2.06. The Balaban J connectivity index is 2.53. The average molecular weight is 202 g/mol. The highest BCUT2D eigenvalue weighted by atomic mass is 15.1. The summed E-state index contributed by atoms with van der Waals surface area (Å²) in [5, 5.41) is 11.7. The van der Waals surface area contributed by atoms with Crippen LogP contribution in [0.2, 0.25) is 0 Å². The van der Waals surface area contributed by atoms with Crippen molar-refractivity contribution in [3.05, 3.63) is 17.2 Å². The van der Waals surface area contributed by atoms with Gasteiger partial charge in [-0.25, -0.2) is 4.98 Å². The molecule has 0 fully saturated rings. The van der Waals surface area contributed by atoms with Gasteiger partial charge in [0.2, 0.25) is 0 Å². The van der Waals surface area contributed by atoms with Crippen LogP contribution in [-0.2, 0) is 0 Å². The van der Waals surface area contributed by atoms with Gasteiger partial charge in [-0.1, -0.05) is 0 Å². The molecule has 2 heterocycles. The predicted molar refractivity (Wildman–Crippen MR) is 57.4 cm³/mol. The molecule has 0 aliphatic carbocycles. The number of aromatic nitrogens is 1. The topological polar surface area (TPSA) is 113 Å². The van der Waals surface area contributed by atoms with Gasteiger partial charge in [0.15, 0.2) is 0 Å². The van der Waals surface area contributed by atoms with E-state index in [0.29, 0.717) is 17.9 Å². The summed E-state index contributed by atoms with van der Waals surface area (Å²) in [7, 11) is 0. The van der Waals surface area contributed by atoms with Gasteiger partial charge in [0.25, 0.3) is 0 Å². The molecule has 1 unspecified atom stereocenters. The van der Waals surface area contributed by atoms with Crippen molar-refractivity contribution in [1.29, 1.82) is 5.26 Å². The van der Waals surface area contributed by atoms with Gasteiger partial charge in [-0.3, -0.25) is 4.99 Å².